The molecule has 0 aliphatic carbocycles. The van der Waals surface area contributed by atoms with Crippen molar-refractivity contribution in [1.29, 1.82) is 0 Å². The van der Waals surface area contributed by atoms with E-state index in [0.717, 1.165) is 22.9 Å². The number of amides is 1. The second kappa shape index (κ2) is 11.2. The van der Waals surface area contributed by atoms with Crippen LogP contribution in [0.4, 0.5) is 4.79 Å². The lowest BCUT2D eigenvalue weighted by Crippen LogP contribution is -2.40. The summed E-state index contributed by atoms with van der Waals surface area (Å²) < 4.78 is 10.7. The number of carbonyl (C=O) groups is 4. The van der Waals surface area contributed by atoms with Gasteiger partial charge in [-0.25, -0.2) is 9.59 Å². The smallest absolute Gasteiger partial charge is 0.372 e. The molecule has 158 valence electrons. The monoisotopic (exact) mass is 429 g/mol. The maximum Gasteiger partial charge on any atom is 0.372 e. The third-order valence-corrected chi connectivity index (χ3v) is 4.82. The summed E-state index contributed by atoms with van der Waals surface area (Å²) >= 11 is 0.737. The van der Waals surface area contributed by atoms with Gasteiger partial charge in [-0.2, -0.15) is 0 Å². The molecule has 1 N–H and O–H groups in total. The number of carbonyl (C=O) groups excluding carboxylic acids is 4. The largest absolute Gasteiger partial charge is 0.457 e. The predicted molar refractivity (Wildman–Crippen MR) is 114 cm³/mol. The SMILES string of the molecule is CC(=O)N[C@H](CSC(=O)Oc1cc(C)ccc1C(=O)OCc1ccccc1)C(C)=O. The van der Waals surface area contributed by atoms with E-state index in [2.05, 4.69) is 5.32 Å². The van der Waals surface area contributed by atoms with Gasteiger partial charge in [-0.3, -0.25) is 9.59 Å². The number of Topliss-reactive ketones (excluding diaryl/α,β-unsaturated/α-hetero) is 1. The molecule has 7 nitrogen and oxygen atoms in total. The highest BCUT2D eigenvalue weighted by molar-refractivity contribution is 8.13. The molecule has 0 radical (unpaired) electrons. The van der Waals surface area contributed by atoms with E-state index in [-0.39, 0.29) is 35.4 Å². The zero-order valence-electron chi connectivity index (χ0n) is 17.0. The number of hydrogen-bond donors (Lipinski definition) is 1. The number of hydrogen-bond acceptors (Lipinski definition) is 7. The van der Waals surface area contributed by atoms with Crippen molar-refractivity contribution >= 4 is 34.7 Å². The minimum Gasteiger partial charge on any atom is -0.457 e. The molecule has 0 fully saturated rings. The third kappa shape index (κ3) is 7.36. The van der Waals surface area contributed by atoms with E-state index >= 15 is 0 Å². The van der Waals surface area contributed by atoms with E-state index in [9.17, 15) is 19.2 Å². The Kier molecular flexibility index (Phi) is 8.61. The van der Waals surface area contributed by atoms with Crippen molar-refractivity contribution in [2.24, 2.45) is 0 Å². The number of ketones is 1. The summed E-state index contributed by atoms with van der Waals surface area (Å²) in [7, 11) is 0. The van der Waals surface area contributed by atoms with Crippen molar-refractivity contribution in [3.8, 4) is 5.75 Å². The molecular formula is C22H23NO6S. The molecule has 0 bridgehead atoms. The lowest BCUT2D eigenvalue weighted by molar-refractivity contribution is -0.125. The average molecular weight is 429 g/mol. The number of nitrogens with one attached hydrogen (secondary N) is 1. The number of ether oxygens (including phenoxy) is 2. The normalized spacial score (nSPS) is 11.3. The first-order valence-corrected chi connectivity index (χ1v) is 10.2. The van der Waals surface area contributed by atoms with Crippen LogP contribution >= 0.6 is 11.8 Å². The van der Waals surface area contributed by atoms with Crippen molar-refractivity contribution in [3.63, 3.8) is 0 Å². The lowest BCUT2D eigenvalue weighted by atomic mass is 10.1. The summed E-state index contributed by atoms with van der Waals surface area (Å²) in [6, 6.07) is 13.2. The van der Waals surface area contributed by atoms with Crippen LogP contribution in [0, 0.1) is 6.92 Å². The van der Waals surface area contributed by atoms with E-state index in [0.29, 0.717) is 0 Å². The van der Waals surface area contributed by atoms with Gasteiger partial charge in [-0.15, -0.1) is 0 Å². The molecule has 0 aliphatic rings. The highest BCUT2D eigenvalue weighted by Gasteiger charge is 2.21. The first kappa shape index (κ1) is 23.2. The molecule has 0 heterocycles. The van der Waals surface area contributed by atoms with Gasteiger partial charge in [-0.1, -0.05) is 36.4 Å². The van der Waals surface area contributed by atoms with Gasteiger partial charge in [0.05, 0.1) is 6.04 Å². The number of esters is 1. The standard InChI is InChI=1S/C22H23NO6S/c1-14-9-10-18(21(26)28-12-17-7-5-4-6-8-17)20(11-14)29-22(27)30-13-19(15(2)24)23-16(3)25/h4-11,19H,12-13H2,1-3H3,(H,23,25)/t19-/m1/s1. The number of thioether (sulfide) groups is 1. The summed E-state index contributed by atoms with van der Waals surface area (Å²) in [5.74, 6) is -1.17. The average Bonchev–Trinajstić information content (AvgIpc) is 2.69. The zero-order chi connectivity index (χ0) is 22.1. The van der Waals surface area contributed by atoms with E-state index in [1.165, 1.54) is 19.9 Å². The molecule has 0 aromatic heterocycles. The van der Waals surface area contributed by atoms with Crippen molar-refractivity contribution < 1.29 is 28.7 Å². The highest BCUT2D eigenvalue weighted by Crippen LogP contribution is 2.24. The molecule has 0 aliphatic heterocycles. The van der Waals surface area contributed by atoms with Crippen LogP contribution in [0.15, 0.2) is 48.5 Å². The first-order chi connectivity index (χ1) is 14.3. The second-order valence-corrected chi connectivity index (χ2v) is 7.54. The van der Waals surface area contributed by atoms with Gasteiger partial charge >= 0.3 is 11.3 Å². The molecule has 8 heteroatoms. The van der Waals surface area contributed by atoms with Crippen LogP contribution in [-0.4, -0.2) is 34.8 Å². The van der Waals surface area contributed by atoms with E-state index in [1.54, 1.807) is 19.1 Å². The molecule has 1 atom stereocenters. The summed E-state index contributed by atoms with van der Waals surface area (Å²) in [6.45, 7) is 4.51. The Morgan fingerprint density at radius 2 is 1.73 bits per heavy atom. The van der Waals surface area contributed by atoms with Crippen LogP contribution in [0.1, 0.15) is 35.3 Å². The van der Waals surface area contributed by atoms with Crippen molar-refractivity contribution in [3.05, 3.63) is 65.2 Å². The molecule has 0 unspecified atom stereocenters. The summed E-state index contributed by atoms with van der Waals surface area (Å²) in [5, 5.41) is 1.78. The van der Waals surface area contributed by atoms with E-state index < -0.39 is 17.3 Å². The van der Waals surface area contributed by atoms with Crippen LogP contribution < -0.4 is 10.1 Å². The van der Waals surface area contributed by atoms with E-state index in [1.807, 2.05) is 30.3 Å². The Bertz CT molecular complexity index is 928. The Morgan fingerprint density at radius 3 is 2.37 bits per heavy atom. The fraction of sp³-hybridized carbons (Fsp3) is 0.273. The number of aryl methyl sites for hydroxylation is 1. The van der Waals surface area contributed by atoms with Crippen LogP contribution in [-0.2, 0) is 20.9 Å². The topological polar surface area (TPSA) is 98.8 Å². The quantitative estimate of drug-likeness (QED) is 0.639. The first-order valence-electron chi connectivity index (χ1n) is 9.20. The fourth-order valence-corrected chi connectivity index (χ4v) is 3.23. The van der Waals surface area contributed by atoms with Crippen molar-refractivity contribution in [2.75, 3.05) is 5.75 Å². The molecule has 1 amide bonds. The minimum absolute atomic E-state index is 0.0212. The summed E-state index contributed by atoms with van der Waals surface area (Å²) in [5.41, 5.74) is 1.75. The maximum atomic E-state index is 12.5. The molecule has 2 aromatic carbocycles. The van der Waals surface area contributed by atoms with Gasteiger partial charge in [0.15, 0.2) is 5.78 Å². The Hall–Kier alpha value is -3.13. The van der Waals surface area contributed by atoms with Crippen LogP contribution in [0.2, 0.25) is 0 Å². The Balaban J connectivity index is 2.03. The lowest BCUT2D eigenvalue weighted by Gasteiger charge is -2.14. The molecule has 30 heavy (non-hydrogen) atoms. The molecule has 2 aromatic rings. The predicted octanol–water partition coefficient (Wildman–Crippen LogP) is 3.68. The fourth-order valence-electron chi connectivity index (χ4n) is 2.46. The molecular weight excluding hydrogens is 406 g/mol. The minimum atomic E-state index is -0.798. The third-order valence-electron chi connectivity index (χ3n) is 4.00. The van der Waals surface area contributed by atoms with Gasteiger partial charge in [0.25, 0.3) is 0 Å². The van der Waals surface area contributed by atoms with Crippen molar-refractivity contribution in [1.82, 2.24) is 5.32 Å². The Labute approximate surface area is 179 Å². The molecule has 0 saturated heterocycles. The van der Waals surface area contributed by atoms with Gasteiger partial charge in [-0.05, 0) is 48.9 Å². The van der Waals surface area contributed by atoms with E-state index in [4.69, 9.17) is 9.47 Å². The van der Waals surface area contributed by atoms with Gasteiger partial charge in [0.1, 0.15) is 17.9 Å². The molecule has 2 rings (SSSR count). The summed E-state index contributed by atoms with van der Waals surface area (Å²) in [6.07, 6.45) is 0. The summed E-state index contributed by atoms with van der Waals surface area (Å²) in [4.78, 5) is 47.5. The van der Waals surface area contributed by atoms with Crippen LogP contribution in [0.25, 0.3) is 0 Å². The van der Waals surface area contributed by atoms with Crippen LogP contribution in [0.5, 0.6) is 5.75 Å². The maximum absolute atomic E-state index is 12.5. The van der Waals surface area contributed by atoms with Crippen molar-refractivity contribution in [2.45, 2.75) is 33.4 Å². The number of rotatable bonds is 8. The zero-order valence-corrected chi connectivity index (χ0v) is 17.8. The van der Waals surface area contributed by atoms with Gasteiger partial charge in [0, 0.05) is 12.7 Å². The Morgan fingerprint density at radius 1 is 1.03 bits per heavy atom. The molecule has 0 spiro atoms. The van der Waals surface area contributed by atoms with Gasteiger partial charge in [0.2, 0.25) is 5.91 Å². The highest BCUT2D eigenvalue weighted by atomic mass is 32.2. The van der Waals surface area contributed by atoms with Gasteiger partial charge < -0.3 is 14.8 Å². The number of benzene rings is 2. The van der Waals surface area contributed by atoms with Crippen LogP contribution in [0.3, 0.4) is 0 Å². The second-order valence-electron chi connectivity index (χ2n) is 6.59. The molecule has 0 saturated carbocycles.